The van der Waals surface area contributed by atoms with E-state index >= 15 is 0 Å². The lowest BCUT2D eigenvalue weighted by Gasteiger charge is -2.45. The highest BCUT2D eigenvalue weighted by Crippen LogP contribution is 2.30. The Morgan fingerprint density at radius 3 is 1.50 bits per heavy atom. The zero-order valence-corrected chi connectivity index (χ0v) is 29.2. The number of alkyl halides is 9. The highest BCUT2D eigenvalue weighted by atomic mass is 35.5. The number of nitrogens with zero attached hydrogens (tertiary/aromatic N) is 3. The van der Waals surface area contributed by atoms with Crippen LogP contribution in [0.5, 0.6) is 0 Å². The number of aliphatic carboxylic acids is 3. The molecule has 0 aromatic heterocycles. The molecule has 0 radical (unpaired) electrons. The number of carboxylic acids is 3. The van der Waals surface area contributed by atoms with E-state index in [1.807, 2.05) is 29.2 Å². The van der Waals surface area contributed by atoms with E-state index in [1.165, 1.54) is 32.1 Å². The van der Waals surface area contributed by atoms with Crippen LogP contribution in [0.4, 0.5) is 39.5 Å². The lowest BCUT2D eigenvalue weighted by atomic mass is 9.82. The minimum atomic E-state index is -5.08. The van der Waals surface area contributed by atoms with Gasteiger partial charge >= 0.3 is 36.4 Å². The summed E-state index contributed by atoms with van der Waals surface area (Å²) in [7, 11) is 0. The van der Waals surface area contributed by atoms with Crippen LogP contribution in [0, 0.1) is 5.92 Å². The number of carbonyl (C=O) groups is 4. The molecular weight excluding hydrogens is 747 g/mol. The van der Waals surface area contributed by atoms with Gasteiger partial charge in [-0.15, -0.1) is 0 Å². The third kappa shape index (κ3) is 19.5. The van der Waals surface area contributed by atoms with Gasteiger partial charge in [-0.25, -0.2) is 14.4 Å². The first-order valence-electron chi connectivity index (χ1n) is 16.0. The van der Waals surface area contributed by atoms with Crippen molar-refractivity contribution in [3.63, 3.8) is 0 Å². The number of halogens is 10. The first kappa shape index (κ1) is 48.6. The highest BCUT2D eigenvalue weighted by molar-refractivity contribution is 6.30. The number of piperazine rings is 1. The van der Waals surface area contributed by atoms with Gasteiger partial charge in [0.15, 0.2) is 0 Å². The van der Waals surface area contributed by atoms with Gasteiger partial charge in [0.05, 0.1) is 6.04 Å². The molecule has 0 bridgehead atoms. The van der Waals surface area contributed by atoms with E-state index in [0.717, 1.165) is 57.3 Å². The third-order valence-electron chi connectivity index (χ3n) is 8.04. The van der Waals surface area contributed by atoms with Gasteiger partial charge in [-0.2, -0.15) is 39.5 Å². The van der Waals surface area contributed by atoms with Crippen molar-refractivity contribution < 1.29 is 74.0 Å². The molecule has 3 rings (SSSR count). The average Bonchev–Trinajstić information content (AvgIpc) is 3.06. The smallest absolute Gasteiger partial charge is 0.475 e. The summed E-state index contributed by atoms with van der Waals surface area (Å²) in [5.74, 6) is -7.40. The van der Waals surface area contributed by atoms with Crippen molar-refractivity contribution in [2.75, 3.05) is 45.8 Å². The lowest BCUT2D eigenvalue weighted by Crippen LogP contribution is -2.58. The molecule has 1 aromatic rings. The predicted molar refractivity (Wildman–Crippen MR) is 171 cm³/mol. The molecule has 1 aliphatic heterocycles. The predicted octanol–water partition coefficient (Wildman–Crippen LogP) is 5.54. The standard InChI is InChI=1S/C25H41ClN4O.3C2HF3O2/c1-3-28(4-2)19-24(21-8-6-5-7-9-21)29-14-16-30(17-15-29)25(31)23(27)18-20-10-12-22(26)13-11-20;3*3-2(4,5)1(6)7/h10-13,21,23-24H,3-9,14-19,27H2,1-2H3;3*(H,6,7). The highest BCUT2D eigenvalue weighted by Gasteiger charge is 2.39. The molecule has 2 fully saturated rings. The fourth-order valence-electron chi connectivity index (χ4n) is 5.30. The third-order valence-corrected chi connectivity index (χ3v) is 8.29. The SMILES string of the molecule is CCN(CC)CC(C1CCCCC1)N1CCN(C(=O)C(N)Cc2ccc(Cl)cc2)CC1.O=C(O)C(F)(F)F.O=C(O)C(F)(F)F.O=C(O)C(F)(F)F. The molecule has 0 spiro atoms. The number of likely N-dealkylation sites (N-methyl/N-ethyl adjacent to an activating group) is 1. The Kier molecular flexibility index (Phi) is 21.2. The van der Waals surface area contributed by atoms with Gasteiger partial charge in [0.2, 0.25) is 5.91 Å². The van der Waals surface area contributed by atoms with Crippen LogP contribution in [0.15, 0.2) is 24.3 Å². The van der Waals surface area contributed by atoms with Crippen LogP contribution in [0.2, 0.25) is 5.02 Å². The van der Waals surface area contributed by atoms with E-state index in [1.54, 1.807) is 0 Å². The Morgan fingerprint density at radius 2 is 1.15 bits per heavy atom. The van der Waals surface area contributed by atoms with Crippen molar-refractivity contribution >= 4 is 35.4 Å². The first-order valence-corrected chi connectivity index (χ1v) is 16.4. The Labute approximate surface area is 299 Å². The molecule has 21 heteroatoms. The zero-order chi connectivity index (χ0) is 40.4. The van der Waals surface area contributed by atoms with Crippen molar-refractivity contribution in [3.05, 3.63) is 34.9 Å². The minimum Gasteiger partial charge on any atom is -0.475 e. The summed E-state index contributed by atoms with van der Waals surface area (Å²) >= 11 is 5.96. The minimum absolute atomic E-state index is 0.0764. The fraction of sp³-hybridized carbons (Fsp3) is 0.677. The van der Waals surface area contributed by atoms with Crippen LogP contribution >= 0.6 is 11.6 Å². The summed E-state index contributed by atoms with van der Waals surface area (Å²) in [6, 6.07) is 7.74. The molecule has 1 heterocycles. The van der Waals surface area contributed by atoms with Crippen LogP contribution in [-0.2, 0) is 25.6 Å². The maximum absolute atomic E-state index is 13.0. The largest absolute Gasteiger partial charge is 0.490 e. The van der Waals surface area contributed by atoms with Crippen LogP contribution < -0.4 is 5.73 Å². The van der Waals surface area contributed by atoms with Gasteiger partial charge in [0.1, 0.15) is 0 Å². The second kappa shape index (κ2) is 22.7. The van der Waals surface area contributed by atoms with Crippen molar-refractivity contribution in [2.24, 2.45) is 11.7 Å². The Bertz CT molecular complexity index is 1180. The first-order chi connectivity index (χ1) is 23.8. The lowest BCUT2D eigenvalue weighted by molar-refractivity contribution is -0.193. The summed E-state index contributed by atoms with van der Waals surface area (Å²) in [6.07, 6.45) is -7.84. The molecule has 1 aromatic carbocycles. The zero-order valence-electron chi connectivity index (χ0n) is 28.4. The van der Waals surface area contributed by atoms with Gasteiger partial charge < -0.3 is 30.9 Å². The van der Waals surface area contributed by atoms with E-state index < -0.39 is 42.5 Å². The molecule has 1 saturated heterocycles. The van der Waals surface area contributed by atoms with Gasteiger partial charge in [-0.05, 0) is 56.0 Å². The van der Waals surface area contributed by atoms with Gasteiger partial charge in [-0.1, -0.05) is 56.8 Å². The quantitative estimate of drug-likeness (QED) is 0.234. The molecule has 2 unspecified atom stereocenters. The summed E-state index contributed by atoms with van der Waals surface area (Å²) in [4.78, 5) is 46.9. The number of benzene rings is 1. The molecule has 1 amide bonds. The number of hydrogen-bond donors (Lipinski definition) is 4. The molecule has 2 atom stereocenters. The number of hydrogen-bond acceptors (Lipinski definition) is 7. The Balaban J connectivity index is 0.00000101. The summed E-state index contributed by atoms with van der Waals surface area (Å²) in [6.45, 7) is 11.4. The average molecular weight is 791 g/mol. The molecule has 52 heavy (non-hydrogen) atoms. The maximum Gasteiger partial charge on any atom is 0.490 e. The van der Waals surface area contributed by atoms with Gasteiger partial charge in [0, 0.05) is 43.8 Å². The molecule has 1 aliphatic carbocycles. The Morgan fingerprint density at radius 1 is 0.769 bits per heavy atom. The Hall–Kier alpha value is -3.36. The monoisotopic (exact) mass is 790 g/mol. The fourth-order valence-corrected chi connectivity index (χ4v) is 5.42. The van der Waals surface area contributed by atoms with Gasteiger partial charge in [-0.3, -0.25) is 9.69 Å². The number of carboxylic acid groups (broad SMARTS) is 3. The topological polar surface area (TPSA) is 165 Å². The number of carbonyl (C=O) groups excluding carboxylic acids is 1. The van der Waals surface area contributed by atoms with Crippen LogP contribution in [-0.4, -0.2) is 130 Å². The van der Waals surface area contributed by atoms with E-state index in [0.29, 0.717) is 17.5 Å². The number of amides is 1. The molecule has 300 valence electrons. The van der Waals surface area contributed by atoms with E-state index in [-0.39, 0.29) is 5.91 Å². The molecule has 2 aliphatic rings. The molecular formula is C31H44ClF9N4O7. The van der Waals surface area contributed by atoms with Crippen LogP contribution in [0.1, 0.15) is 51.5 Å². The number of rotatable bonds is 9. The normalized spacial score (nSPS) is 16.9. The molecule has 11 nitrogen and oxygen atoms in total. The van der Waals surface area contributed by atoms with Crippen LogP contribution in [0.3, 0.4) is 0 Å². The molecule has 5 N–H and O–H groups in total. The van der Waals surface area contributed by atoms with Crippen molar-refractivity contribution in [1.29, 1.82) is 0 Å². The van der Waals surface area contributed by atoms with E-state index in [2.05, 4.69) is 23.6 Å². The van der Waals surface area contributed by atoms with Crippen molar-refractivity contribution in [3.8, 4) is 0 Å². The van der Waals surface area contributed by atoms with Gasteiger partial charge in [0.25, 0.3) is 0 Å². The second-order valence-electron chi connectivity index (χ2n) is 11.7. The summed E-state index contributed by atoms with van der Waals surface area (Å²) in [5.41, 5.74) is 7.34. The summed E-state index contributed by atoms with van der Waals surface area (Å²) in [5, 5.41) is 22.1. The van der Waals surface area contributed by atoms with E-state index in [4.69, 9.17) is 47.0 Å². The van der Waals surface area contributed by atoms with E-state index in [9.17, 15) is 44.3 Å². The van der Waals surface area contributed by atoms with Crippen LogP contribution in [0.25, 0.3) is 0 Å². The second-order valence-corrected chi connectivity index (χ2v) is 12.1. The number of nitrogens with two attached hydrogens (primary N) is 1. The van der Waals surface area contributed by atoms with Crippen molar-refractivity contribution in [2.45, 2.75) is 83.0 Å². The maximum atomic E-state index is 13.0. The van der Waals surface area contributed by atoms with Crippen molar-refractivity contribution in [1.82, 2.24) is 14.7 Å². The summed E-state index contributed by atoms with van der Waals surface area (Å²) < 4.78 is 95.2. The molecule has 1 saturated carbocycles.